The van der Waals surface area contributed by atoms with Crippen LogP contribution in [0.4, 0.5) is 4.39 Å². The predicted molar refractivity (Wildman–Crippen MR) is 141 cm³/mol. The zero-order valence-corrected chi connectivity index (χ0v) is 20.2. The molecular formula is C31H28FN3O. The molecule has 0 spiro atoms. The van der Waals surface area contributed by atoms with E-state index < -0.39 is 0 Å². The van der Waals surface area contributed by atoms with Gasteiger partial charge in [-0.15, -0.1) is 0 Å². The Morgan fingerprint density at radius 3 is 2.39 bits per heavy atom. The first-order valence-corrected chi connectivity index (χ1v) is 12.1. The molecule has 0 saturated carbocycles. The Morgan fingerprint density at radius 2 is 1.64 bits per heavy atom. The summed E-state index contributed by atoms with van der Waals surface area (Å²) in [6.07, 6.45) is 5.83. The van der Waals surface area contributed by atoms with Crippen LogP contribution in [0.15, 0.2) is 104 Å². The van der Waals surface area contributed by atoms with Gasteiger partial charge in [-0.3, -0.25) is 9.78 Å². The van der Waals surface area contributed by atoms with E-state index in [4.69, 9.17) is 0 Å². The molecule has 0 aliphatic rings. The van der Waals surface area contributed by atoms with Crippen LogP contribution < -0.4 is 5.32 Å². The van der Waals surface area contributed by atoms with Crippen LogP contribution in [0.5, 0.6) is 0 Å². The zero-order chi connectivity index (χ0) is 24.9. The number of rotatable bonds is 8. The van der Waals surface area contributed by atoms with Crippen molar-refractivity contribution in [2.45, 2.75) is 32.4 Å². The number of aromatic nitrogens is 2. The average molecular weight is 478 g/mol. The van der Waals surface area contributed by atoms with Crippen molar-refractivity contribution in [3.63, 3.8) is 0 Å². The molecule has 1 N–H and O–H groups in total. The molecule has 1 atom stereocenters. The summed E-state index contributed by atoms with van der Waals surface area (Å²) in [5, 5.41) is 4.13. The van der Waals surface area contributed by atoms with E-state index in [0.717, 1.165) is 34.1 Å². The van der Waals surface area contributed by atoms with Crippen molar-refractivity contribution in [3.8, 4) is 0 Å². The van der Waals surface area contributed by atoms with Gasteiger partial charge in [-0.05, 0) is 59.5 Å². The summed E-state index contributed by atoms with van der Waals surface area (Å²) < 4.78 is 16.0. The number of hydrogen-bond donors (Lipinski definition) is 1. The molecule has 5 aromatic rings. The molecule has 180 valence electrons. The van der Waals surface area contributed by atoms with E-state index in [1.807, 2.05) is 24.3 Å². The number of aryl methyl sites for hydroxylation is 1. The first kappa shape index (κ1) is 23.5. The largest absolute Gasteiger partial charge is 0.352 e. The number of hydrogen-bond acceptors (Lipinski definition) is 2. The molecule has 0 saturated heterocycles. The molecule has 0 aliphatic heterocycles. The number of para-hydroxylation sites is 1. The summed E-state index contributed by atoms with van der Waals surface area (Å²) >= 11 is 0. The van der Waals surface area contributed by atoms with E-state index in [1.165, 1.54) is 23.3 Å². The van der Waals surface area contributed by atoms with Crippen molar-refractivity contribution in [2.24, 2.45) is 0 Å². The summed E-state index contributed by atoms with van der Waals surface area (Å²) in [6, 6.07) is 27.1. The Balaban J connectivity index is 1.49. The number of benzene rings is 3. The molecule has 1 amide bonds. The first-order valence-electron chi connectivity index (χ1n) is 12.1. The van der Waals surface area contributed by atoms with Crippen LogP contribution in [0.1, 0.15) is 40.2 Å². The molecule has 0 bridgehead atoms. The van der Waals surface area contributed by atoms with Crippen LogP contribution >= 0.6 is 0 Å². The third-order valence-electron chi connectivity index (χ3n) is 6.57. The monoisotopic (exact) mass is 477 g/mol. The highest BCUT2D eigenvalue weighted by Crippen LogP contribution is 2.35. The van der Waals surface area contributed by atoms with E-state index in [0.29, 0.717) is 6.54 Å². The second kappa shape index (κ2) is 10.6. The lowest BCUT2D eigenvalue weighted by Crippen LogP contribution is -2.25. The number of nitrogens with one attached hydrogen (secondary N) is 1. The minimum Gasteiger partial charge on any atom is -0.352 e. The van der Waals surface area contributed by atoms with E-state index >= 15 is 0 Å². The number of carbonyl (C=O) groups is 1. The fourth-order valence-electron chi connectivity index (χ4n) is 4.64. The van der Waals surface area contributed by atoms with Crippen molar-refractivity contribution in [2.75, 3.05) is 0 Å². The molecule has 0 radical (unpaired) electrons. The Kier molecular flexibility index (Phi) is 6.89. The van der Waals surface area contributed by atoms with Gasteiger partial charge in [-0.2, -0.15) is 0 Å². The first-order chi connectivity index (χ1) is 17.6. The van der Waals surface area contributed by atoms with Gasteiger partial charge in [0.15, 0.2) is 0 Å². The predicted octanol–water partition coefficient (Wildman–Crippen LogP) is 6.37. The van der Waals surface area contributed by atoms with Gasteiger partial charge in [-0.25, -0.2) is 4.39 Å². The number of amides is 1. The fraction of sp³-hybridized carbons (Fsp3) is 0.161. The van der Waals surface area contributed by atoms with Crippen molar-refractivity contribution in [3.05, 3.63) is 137 Å². The molecule has 3 aromatic carbocycles. The number of nitrogens with zero attached hydrogens (tertiary/aromatic N) is 2. The SMILES string of the molecule is Cc1ccc(Cn2cc(C(CC(=O)NCc3ccncc3)c3ccc(F)cc3)c3ccccc32)cc1. The highest BCUT2D eigenvalue weighted by molar-refractivity contribution is 5.86. The van der Waals surface area contributed by atoms with E-state index in [-0.39, 0.29) is 24.1 Å². The lowest BCUT2D eigenvalue weighted by molar-refractivity contribution is -0.121. The van der Waals surface area contributed by atoms with Crippen LogP contribution in [-0.2, 0) is 17.9 Å². The molecule has 2 aromatic heterocycles. The van der Waals surface area contributed by atoms with Gasteiger partial charge in [0.05, 0.1) is 0 Å². The van der Waals surface area contributed by atoms with Gasteiger partial charge in [-0.1, -0.05) is 60.2 Å². The summed E-state index contributed by atoms with van der Waals surface area (Å²) in [6.45, 7) is 3.25. The maximum Gasteiger partial charge on any atom is 0.221 e. The molecule has 5 heteroatoms. The zero-order valence-electron chi connectivity index (χ0n) is 20.2. The van der Waals surface area contributed by atoms with Gasteiger partial charge in [0, 0.05) is 54.9 Å². The topological polar surface area (TPSA) is 46.9 Å². The highest BCUT2D eigenvalue weighted by atomic mass is 19.1. The van der Waals surface area contributed by atoms with Crippen molar-refractivity contribution < 1.29 is 9.18 Å². The van der Waals surface area contributed by atoms with Crippen LogP contribution in [0.2, 0.25) is 0 Å². The van der Waals surface area contributed by atoms with Crippen LogP contribution in [0.25, 0.3) is 10.9 Å². The Labute approximate surface area is 210 Å². The van der Waals surface area contributed by atoms with E-state index in [1.54, 1.807) is 24.5 Å². The van der Waals surface area contributed by atoms with Crippen LogP contribution in [0, 0.1) is 12.7 Å². The van der Waals surface area contributed by atoms with Gasteiger partial charge in [0.2, 0.25) is 5.91 Å². The van der Waals surface area contributed by atoms with Crippen LogP contribution in [0.3, 0.4) is 0 Å². The Bertz CT molecular complexity index is 1460. The minimum atomic E-state index is -0.290. The molecule has 0 aliphatic carbocycles. The van der Waals surface area contributed by atoms with Crippen LogP contribution in [-0.4, -0.2) is 15.5 Å². The summed E-state index contributed by atoms with van der Waals surface area (Å²) in [5.74, 6) is -0.565. The lowest BCUT2D eigenvalue weighted by atomic mass is 9.88. The molecule has 5 rings (SSSR count). The molecular weight excluding hydrogens is 449 g/mol. The van der Waals surface area contributed by atoms with Gasteiger partial charge >= 0.3 is 0 Å². The summed E-state index contributed by atoms with van der Waals surface area (Å²) in [4.78, 5) is 17.1. The second-order valence-electron chi connectivity index (χ2n) is 9.16. The number of halogens is 1. The van der Waals surface area contributed by atoms with Crippen molar-refractivity contribution in [1.82, 2.24) is 14.9 Å². The molecule has 0 fully saturated rings. The summed E-state index contributed by atoms with van der Waals surface area (Å²) in [7, 11) is 0. The highest BCUT2D eigenvalue weighted by Gasteiger charge is 2.23. The van der Waals surface area contributed by atoms with Gasteiger partial charge in [0.25, 0.3) is 0 Å². The Morgan fingerprint density at radius 1 is 0.917 bits per heavy atom. The third-order valence-corrected chi connectivity index (χ3v) is 6.57. The molecule has 1 unspecified atom stereocenters. The quantitative estimate of drug-likeness (QED) is 0.282. The molecule has 4 nitrogen and oxygen atoms in total. The smallest absolute Gasteiger partial charge is 0.221 e. The summed E-state index contributed by atoms with van der Waals surface area (Å²) in [5.41, 5.74) is 6.51. The maximum absolute atomic E-state index is 13.8. The molecule has 2 heterocycles. The van der Waals surface area contributed by atoms with Crippen molar-refractivity contribution >= 4 is 16.8 Å². The van der Waals surface area contributed by atoms with E-state index in [9.17, 15) is 9.18 Å². The minimum absolute atomic E-state index is 0.0588. The lowest BCUT2D eigenvalue weighted by Gasteiger charge is -2.17. The second-order valence-corrected chi connectivity index (χ2v) is 9.16. The van der Waals surface area contributed by atoms with Crippen molar-refractivity contribution in [1.29, 1.82) is 0 Å². The van der Waals surface area contributed by atoms with Gasteiger partial charge < -0.3 is 9.88 Å². The third kappa shape index (κ3) is 5.36. The standard InChI is InChI=1S/C31H28FN3O/c1-22-6-8-24(9-7-22)20-35-21-29(27-4-2-3-5-30(27)35)28(25-10-12-26(32)13-11-25)18-31(36)34-19-23-14-16-33-17-15-23/h2-17,21,28H,18-20H2,1H3,(H,34,36). The Hall–Kier alpha value is -4.25. The maximum atomic E-state index is 13.8. The fourth-order valence-corrected chi connectivity index (χ4v) is 4.64. The number of carbonyl (C=O) groups excluding carboxylic acids is 1. The number of fused-ring (bicyclic) bond motifs is 1. The normalized spacial score (nSPS) is 11.9. The van der Waals surface area contributed by atoms with Gasteiger partial charge in [0.1, 0.15) is 5.82 Å². The average Bonchev–Trinajstić information content (AvgIpc) is 3.27. The van der Waals surface area contributed by atoms with E-state index in [2.05, 4.69) is 64.4 Å². The molecule has 36 heavy (non-hydrogen) atoms. The number of pyridine rings is 1.